The van der Waals surface area contributed by atoms with E-state index >= 15 is 0 Å². The molecule has 0 saturated carbocycles. The lowest BCUT2D eigenvalue weighted by atomic mass is 10.2. The molecule has 2 aromatic heterocycles. The van der Waals surface area contributed by atoms with Crippen molar-refractivity contribution in [1.82, 2.24) is 35.5 Å². The van der Waals surface area contributed by atoms with Crippen molar-refractivity contribution < 1.29 is 19.4 Å². The van der Waals surface area contributed by atoms with Crippen molar-refractivity contribution in [2.45, 2.75) is 32.0 Å². The lowest BCUT2D eigenvalue weighted by molar-refractivity contribution is -0.139. The number of anilines is 1. The van der Waals surface area contributed by atoms with E-state index < -0.39 is 18.1 Å². The van der Waals surface area contributed by atoms with Gasteiger partial charge in [0.1, 0.15) is 24.5 Å². The number of aliphatic carboxylic acids is 1. The highest BCUT2D eigenvalue weighted by molar-refractivity contribution is 5.83. The predicted octanol–water partition coefficient (Wildman–Crippen LogP) is 0.947. The van der Waals surface area contributed by atoms with Crippen LogP contribution < -0.4 is 21.3 Å². The van der Waals surface area contributed by atoms with Crippen LogP contribution in [-0.2, 0) is 22.7 Å². The number of aromatic nitrogens is 4. The lowest BCUT2D eigenvalue weighted by Gasteiger charge is -2.15. The molecule has 36 heavy (non-hydrogen) atoms. The van der Waals surface area contributed by atoms with E-state index in [9.17, 15) is 14.7 Å². The van der Waals surface area contributed by atoms with Gasteiger partial charge in [-0.1, -0.05) is 30.3 Å². The van der Waals surface area contributed by atoms with E-state index in [4.69, 9.17) is 4.74 Å². The molecule has 0 spiro atoms. The Kier molecular flexibility index (Phi) is 8.46. The van der Waals surface area contributed by atoms with Crippen LogP contribution in [0.15, 0.2) is 48.0 Å². The number of amides is 1. The Morgan fingerprint density at radius 1 is 1.11 bits per heavy atom. The summed E-state index contributed by atoms with van der Waals surface area (Å²) >= 11 is 0. The van der Waals surface area contributed by atoms with E-state index in [1.165, 1.54) is 12.7 Å². The lowest BCUT2D eigenvalue weighted by Crippen LogP contribution is -2.43. The van der Waals surface area contributed by atoms with Crippen molar-refractivity contribution in [3.05, 3.63) is 48.5 Å². The number of aliphatic imine (C=N–C) groups is 1. The van der Waals surface area contributed by atoms with E-state index in [-0.39, 0.29) is 13.2 Å². The third kappa shape index (κ3) is 6.81. The van der Waals surface area contributed by atoms with Gasteiger partial charge in [0.2, 0.25) is 0 Å². The number of carbonyl (C=O) groups excluding carboxylic acids is 1. The second kappa shape index (κ2) is 12.3. The van der Waals surface area contributed by atoms with Gasteiger partial charge < -0.3 is 35.7 Å². The van der Waals surface area contributed by atoms with Crippen molar-refractivity contribution in [2.75, 3.05) is 31.5 Å². The minimum absolute atomic E-state index is 0.0387. The average molecular weight is 496 g/mol. The quantitative estimate of drug-likeness (QED) is 0.228. The molecule has 0 fully saturated rings. The largest absolute Gasteiger partial charge is 0.480 e. The van der Waals surface area contributed by atoms with Gasteiger partial charge in [0.05, 0.1) is 19.4 Å². The summed E-state index contributed by atoms with van der Waals surface area (Å²) in [5.41, 5.74) is 1.79. The number of carboxylic acid groups (broad SMARTS) is 1. The van der Waals surface area contributed by atoms with Crippen LogP contribution in [0, 0.1) is 0 Å². The zero-order chi connectivity index (χ0) is 25.2. The second-order valence-electron chi connectivity index (χ2n) is 8.11. The van der Waals surface area contributed by atoms with E-state index in [1.54, 1.807) is 4.57 Å². The molecular formula is C23H29N9O4. The van der Waals surface area contributed by atoms with Gasteiger partial charge >= 0.3 is 12.1 Å². The zero-order valence-corrected chi connectivity index (χ0v) is 19.7. The highest BCUT2D eigenvalue weighted by Gasteiger charge is 2.23. The smallest absolute Gasteiger partial charge is 0.408 e. The Labute approximate surface area is 207 Å². The number of guanidine groups is 1. The van der Waals surface area contributed by atoms with Gasteiger partial charge in [0, 0.05) is 19.6 Å². The molecule has 4 rings (SSSR count). The summed E-state index contributed by atoms with van der Waals surface area (Å²) in [7, 11) is 0. The third-order valence-electron chi connectivity index (χ3n) is 5.45. The van der Waals surface area contributed by atoms with Crippen LogP contribution in [0.3, 0.4) is 0 Å². The molecule has 1 aromatic carbocycles. The number of hydrogen-bond acceptors (Lipinski definition) is 10. The summed E-state index contributed by atoms with van der Waals surface area (Å²) in [4.78, 5) is 41.1. The minimum Gasteiger partial charge on any atom is -0.480 e. The Morgan fingerprint density at radius 3 is 2.67 bits per heavy atom. The molecule has 190 valence electrons. The molecule has 0 aliphatic carbocycles. The van der Waals surface area contributed by atoms with Gasteiger partial charge in [-0.25, -0.2) is 24.5 Å². The van der Waals surface area contributed by atoms with Crippen molar-refractivity contribution >= 4 is 35.0 Å². The number of nitrogens with one attached hydrogen (secondary N) is 4. The normalized spacial score (nSPS) is 13.5. The fourth-order valence-corrected chi connectivity index (χ4v) is 3.61. The summed E-state index contributed by atoms with van der Waals surface area (Å²) in [5.74, 6) is 0.216. The predicted molar refractivity (Wildman–Crippen MR) is 133 cm³/mol. The molecule has 3 heterocycles. The summed E-state index contributed by atoms with van der Waals surface area (Å²) in [6, 6.07) is 7.90. The molecular weight excluding hydrogens is 466 g/mol. The maximum atomic E-state index is 12.2. The number of unbranched alkanes of at least 4 members (excludes halogenated alkanes) is 1. The van der Waals surface area contributed by atoms with Crippen LogP contribution in [0.25, 0.3) is 11.2 Å². The molecule has 1 atom stereocenters. The molecule has 13 heteroatoms. The first-order valence-corrected chi connectivity index (χ1v) is 11.7. The number of rotatable bonds is 12. The average Bonchev–Trinajstić information content (AvgIpc) is 3.55. The van der Waals surface area contributed by atoms with Crippen LogP contribution in [0.1, 0.15) is 18.4 Å². The van der Waals surface area contributed by atoms with Gasteiger partial charge in [-0.2, -0.15) is 0 Å². The van der Waals surface area contributed by atoms with Gasteiger partial charge in [-0.05, 0) is 18.4 Å². The minimum atomic E-state index is -1.23. The Balaban J connectivity index is 1.29. The molecule has 0 bridgehead atoms. The highest BCUT2D eigenvalue weighted by atomic mass is 16.5. The first-order valence-electron chi connectivity index (χ1n) is 11.7. The van der Waals surface area contributed by atoms with Crippen LogP contribution in [-0.4, -0.2) is 74.9 Å². The maximum Gasteiger partial charge on any atom is 0.408 e. The van der Waals surface area contributed by atoms with Crippen molar-refractivity contribution in [2.24, 2.45) is 4.99 Å². The molecule has 1 aliphatic rings. The number of carbonyl (C=O) groups is 2. The standard InChI is InChI=1S/C23H29N9O4/c33-21(34)17(31-23(35)36-13-16-6-2-1-3-7-16)12-32-15-30-18-19(28-14-29-20(18)32)24-8-4-5-9-25-22-26-10-11-27-22/h1-3,6-7,14-15,17H,4-5,8-13H2,(H,31,35)(H,33,34)(H,24,28,29)(H2,25,26,27)/t17-/m1/s1. The van der Waals surface area contributed by atoms with Crippen molar-refractivity contribution in [1.29, 1.82) is 0 Å². The van der Waals surface area contributed by atoms with Crippen LogP contribution >= 0.6 is 0 Å². The third-order valence-corrected chi connectivity index (χ3v) is 5.45. The molecule has 13 nitrogen and oxygen atoms in total. The van der Waals surface area contributed by atoms with Crippen LogP contribution in [0.4, 0.5) is 10.6 Å². The Morgan fingerprint density at radius 2 is 1.92 bits per heavy atom. The van der Waals surface area contributed by atoms with Crippen LogP contribution in [0.2, 0.25) is 0 Å². The SMILES string of the molecule is O=C(N[C@H](Cn1cnc2c(NCCCCNC3=NCCN3)ncnc21)C(=O)O)OCc1ccccc1. The van der Waals surface area contributed by atoms with E-state index in [0.717, 1.165) is 44.0 Å². The van der Waals surface area contributed by atoms with Crippen molar-refractivity contribution in [3.63, 3.8) is 0 Å². The number of ether oxygens (including phenoxy) is 1. The maximum absolute atomic E-state index is 12.2. The number of carboxylic acids is 1. The molecule has 0 saturated heterocycles. The van der Waals surface area contributed by atoms with Gasteiger partial charge in [-0.15, -0.1) is 0 Å². The summed E-state index contributed by atoms with van der Waals surface area (Å²) in [6.07, 6.45) is 3.91. The number of hydrogen-bond donors (Lipinski definition) is 5. The molecule has 0 unspecified atom stereocenters. The first kappa shape index (κ1) is 24.7. The molecule has 1 amide bonds. The topological polar surface area (TPSA) is 168 Å². The highest BCUT2D eigenvalue weighted by Crippen LogP contribution is 2.18. The molecule has 1 aliphatic heterocycles. The number of fused-ring (bicyclic) bond motifs is 1. The first-order chi connectivity index (χ1) is 17.6. The molecule has 3 aromatic rings. The molecule has 0 radical (unpaired) electrons. The number of benzene rings is 1. The van der Waals surface area contributed by atoms with Gasteiger partial charge in [0.15, 0.2) is 17.4 Å². The Bertz CT molecular complexity index is 1200. The van der Waals surface area contributed by atoms with Crippen LogP contribution in [0.5, 0.6) is 0 Å². The van der Waals surface area contributed by atoms with E-state index in [0.29, 0.717) is 23.5 Å². The molecule has 5 N–H and O–H groups in total. The second-order valence-corrected chi connectivity index (χ2v) is 8.11. The van der Waals surface area contributed by atoms with E-state index in [2.05, 4.69) is 41.2 Å². The number of nitrogens with zero attached hydrogens (tertiary/aromatic N) is 5. The fourth-order valence-electron chi connectivity index (χ4n) is 3.61. The van der Waals surface area contributed by atoms with E-state index in [1.807, 2.05) is 30.3 Å². The monoisotopic (exact) mass is 495 g/mol. The summed E-state index contributed by atoms with van der Waals surface area (Å²) in [5, 5.41) is 21.7. The fraction of sp³-hybridized carbons (Fsp3) is 0.391. The zero-order valence-electron chi connectivity index (χ0n) is 19.7. The van der Waals surface area contributed by atoms with Crippen molar-refractivity contribution in [3.8, 4) is 0 Å². The summed E-state index contributed by atoms with van der Waals surface area (Å²) < 4.78 is 6.71. The van der Waals surface area contributed by atoms with Gasteiger partial charge in [0.25, 0.3) is 0 Å². The number of alkyl carbamates (subject to hydrolysis) is 1. The number of imidazole rings is 1. The Hall–Kier alpha value is -4.42. The van der Waals surface area contributed by atoms with Gasteiger partial charge in [-0.3, -0.25) is 4.99 Å². The summed E-state index contributed by atoms with van der Waals surface area (Å²) in [6.45, 7) is 3.15.